The first kappa shape index (κ1) is 23.3. The topological polar surface area (TPSA) is 96.8 Å². The molecule has 33 heavy (non-hydrogen) atoms. The second-order valence-electron chi connectivity index (χ2n) is 6.92. The molecule has 0 bridgehead atoms. The summed E-state index contributed by atoms with van der Waals surface area (Å²) >= 11 is 19.8. The minimum Gasteiger partial charge on any atom is -0.316 e. The summed E-state index contributed by atoms with van der Waals surface area (Å²) in [4.78, 5) is 36.6. The number of carbonyl (C=O) groups is 1. The number of hydrogen-bond donors (Lipinski definition) is 1. The van der Waals surface area contributed by atoms with Crippen LogP contribution in [0.3, 0.4) is 0 Å². The molecule has 1 N–H and O–H groups in total. The van der Waals surface area contributed by atoms with Crippen LogP contribution in [-0.2, 0) is 0 Å². The van der Waals surface area contributed by atoms with Crippen molar-refractivity contribution in [3.8, 4) is 0 Å². The van der Waals surface area contributed by atoms with Gasteiger partial charge in [-0.1, -0.05) is 58.3 Å². The Morgan fingerprint density at radius 1 is 0.970 bits per heavy atom. The second-order valence-corrected chi connectivity index (χ2v) is 9.13. The number of halogens is 3. The lowest BCUT2D eigenvalue weighted by molar-refractivity contribution is 0.100. The summed E-state index contributed by atoms with van der Waals surface area (Å²) in [7, 11) is 0. The van der Waals surface area contributed by atoms with E-state index in [-0.39, 0.29) is 11.1 Å². The number of carbonyl (C=O) groups excluding carboxylic acids is 1. The Balaban J connectivity index is 1.75. The van der Waals surface area contributed by atoms with Crippen molar-refractivity contribution in [2.24, 2.45) is 0 Å². The number of benzene rings is 1. The van der Waals surface area contributed by atoms with Crippen molar-refractivity contribution in [3.05, 3.63) is 73.9 Å². The van der Waals surface area contributed by atoms with Gasteiger partial charge in [0.05, 0.1) is 16.9 Å². The third-order valence-corrected chi connectivity index (χ3v) is 5.99. The van der Waals surface area contributed by atoms with Gasteiger partial charge in [0.2, 0.25) is 0 Å². The molecule has 0 atom stereocenters. The Morgan fingerprint density at radius 3 is 2.33 bits per heavy atom. The van der Waals surface area contributed by atoms with Crippen molar-refractivity contribution in [2.75, 3.05) is 10.2 Å². The Bertz CT molecular complexity index is 1300. The summed E-state index contributed by atoms with van der Waals surface area (Å²) in [6.45, 7) is 5.28. The largest absolute Gasteiger partial charge is 0.316 e. The third-order valence-electron chi connectivity index (χ3n) is 4.40. The van der Waals surface area contributed by atoms with Gasteiger partial charge in [-0.25, -0.2) is 24.9 Å². The Labute approximate surface area is 208 Å². The predicted octanol–water partition coefficient (Wildman–Crippen LogP) is 6.33. The molecular weight excluding hydrogens is 505 g/mol. The second kappa shape index (κ2) is 9.56. The molecule has 0 aliphatic heterocycles. The molecule has 168 valence electrons. The van der Waals surface area contributed by atoms with Gasteiger partial charge in [-0.3, -0.25) is 9.69 Å². The van der Waals surface area contributed by atoms with Gasteiger partial charge in [0.25, 0.3) is 5.91 Å². The predicted molar refractivity (Wildman–Crippen MR) is 132 cm³/mol. The molecule has 0 unspecified atom stereocenters. The van der Waals surface area contributed by atoms with Gasteiger partial charge in [0, 0.05) is 12.1 Å². The summed E-state index contributed by atoms with van der Waals surface area (Å²) in [5.41, 5.74) is 1.29. The highest BCUT2D eigenvalue weighted by atomic mass is 35.5. The van der Waals surface area contributed by atoms with Crippen molar-refractivity contribution >= 4 is 74.5 Å². The fourth-order valence-electron chi connectivity index (χ4n) is 3.10. The van der Waals surface area contributed by atoms with Gasteiger partial charge >= 0.3 is 0 Å². The van der Waals surface area contributed by atoms with Gasteiger partial charge in [-0.2, -0.15) is 0 Å². The van der Waals surface area contributed by atoms with E-state index in [9.17, 15) is 4.79 Å². The van der Waals surface area contributed by atoms with E-state index >= 15 is 0 Å². The number of rotatable bonds is 5. The summed E-state index contributed by atoms with van der Waals surface area (Å²) in [6.07, 6.45) is 1.47. The minimum absolute atomic E-state index is 0.211. The van der Waals surface area contributed by atoms with Crippen LogP contribution in [0.15, 0.2) is 36.5 Å². The highest BCUT2D eigenvalue weighted by Gasteiger charge is 2.27. The Hall–Kier alpha value is -2.85. The molecule has 0 saturated heterocycles. The molecule has 1 amide bonds. The SMILES string of the molecule is Cc1nc(Cl)cc(Nc2ncc(C(=O)N(c3cc(Cl)nc(C)n3)c3c(C)cccc3Cl)s2)n1. The molecule has 0 saturated carbocycles. The van der Waals surface area contributed by atoms with Gasteiger partial charge in [0.15, 0.2) is 5.13 Å². The first-order valence-corrected chi connectivity index (χ1v) is 11.5. The van der Waals surface area contributed by atoms with E-state index in [2.05, 4.69) is 30.2 Å². The van der Waals surface area contributed by atoms with Crippen LogP contribution in [0.2, 0.25) is 15.3 Å². The number of thiazole rings is 1. The number of hydrogen-bond acceptors (Lipinski definition) is 8. The van der Waals surface area contributed by atoms with E-state index in [1.807, 2.05) is 19.1 Å². The first-order valence-electron chi connectivity index (χ1n) is 9.56. The van der Waals surface area contributed by atoms with E-state index in [1.165, 1.54) is 17.2 Å². The van der Waals surface area contributed by atoms with E-state index in [1.54, 1.807) is 26.0 Å². The van der Waals surface area contributed by atoms with Crippen LogP contribution in [0.4, 0.5) is 22.5 Å². The average molecular weight is 521 g/mol. The van der Waals surface area contributed by atoms with Gasteiger partial charge in [-0.15, -0.1) is 0 Å². The number of aromatic nitrogens is 5. The fourth-order valence-corrected chi connectivity index (χ4v) is 4.61. The number of para-hydroxylation sites is 1. The van der Waals surface area contributed by atoms with Crippen LogP contribution in [0, 0.1) is 20.8 Å². The lowest BCUT2D eigenvalue weighted by Crippen LogP contribution is -2.27. The maximum Gasteiger partial charge on any atom is 0.275 e. The number of nitrogens with zero attached hydrogens (tertiary/aromatic N) is 6. The zero-order valence-corrected chi connectivity index (χ0v) is 20.7. The minimum atomic E-state index is -0.372. The molecule has 8 nitrogen and oxygen atoms in total. The highest BCUT2D eigenvalue weighted by molar-refractivity contribution is 7.17. The molecule has 1 aromatic carbocycles. The smallest absolute Gasteiger partial charge is 0.275 e. The summed E-state index contributed by atoms with van der Waals surface area (Å²) < 4.78 is 0. The number of anilines is 4. The number of aryl methyl sites for hydroxylation is 3. The molecule has 0 aliphatic carbocycles. The van der Waals surface area contributed by atoms with Crippen LogP contribution >= 0.6 is 46.1 Å². The van der Waals surface area contributed by atoms with Crippen molar-refractivity contribution in [3.63, 3.8) is 0 Å². The normalized spacial score (nSPS) is 10.8. The molecular formula is C21H16Cl3N7OS. The van der Waals surface area contributed by atoms with E-state index < -0.39 is 0 Å². The Kier molecular flexibility index (Phi) is 6.76. The standard InChI is InChI=1S/C21H16Cl3N7OS/c1-10-5-4-6-13(22)19(10)31(18-8-16(24)27-12(3)29-18)20(32)14-9-25-21(33-14)30-17-7-15(23)26-11(2)28-17/h4-9H,1-3H3,(H,25,26,28,30). The fraction of sp³-hybridized carbons (Fsp3) is 0.143. The van der Waals surface area contributed by atoms with Crippen LogP contribution in [-0.4, -0.2) is 30.8 Å². The van der Waals surface area contributed by atoms with E-state index in [0.717, 1.165) is 16.9 Å². The zero-order chi connectivity index (χ0) is 23.7. The highest BCUT2D eigenvalue weighted by Crippen LogP contribution is 2.37. The van der Waals surface area contributed by atoms with E-state index in [0.29, 0.717) is 49.2 Å². The van der Waals surface area contributed by atoms with E-state index in [4.69, 9.17) is 34.8 Å². The molecule has 0 aliphatic rings. The van der Waals surface area contributed by atoms with Crippen LogP contribution in [0.25, 0.3) is 0 Å². The number of amides is 1. The average Bonchev–Trinajstić information content (AvgIpc) is 3.17. The first-order chi connectivity index (χ1) is 15.7. The lowest BCUT2D eigenvalue weighted by atomic mass is 10.1. The van der Waals surface area contributed by atoms with Crippen molar-refractivity contribution < 1.29 is 4.79 Å². The summed E-state index contributed by atoms with van der Waals surface area (Å²) in [5.74, 6) is 1.33. The molecule has 3 aromatic heterocycles. The molecule has 12 heteroatoms. The van der Waals surface area contributed by atoms with Crippen LogP contribution < -0.4 is 10.2 Å². The third kappa shape index (κ3) is 5.22. The summed E-state index contributed by atoms with van der Waals surface area (Å²) in [6, 6.07) is 8.47. The molecule has 4 rings (SSSR count). The quantitative estimate of drug-likeness (QED) is 0.307. The van der Waals surface area contributed by atoms with Crippen LogP contribution in [0.1, 0.15) is 26.9 Å². The Morgan fingerprint density at radius 2 is 1.67 bits per heavy atom. The van der Waals surface area contributed by atoms with Gasteiger partial charge in [0.1, 0.15) is 38.5 Å². The molecule has 4 aromatic rings. The van der Waals surface area contributed by atoms with Crippen molar-refractivity contribution in [1.82, 2.24) is 24.9 Å². The zero-order valence-electron chi connectivity index (χ0n) is 17.6. The molecule has 0 radical (unpaired) electrons. The molecule has 0 spiro atoms. The lowest BCUT2D eigenvalue weighted by Gasteiger charge is -2.24. The maximum atomic E-state index is 13.7. The maximum absolute atomic E-state index is 13.7. The van der Waals surface area contributed by atoms with Crippen LogP contribution in [0.5, 0.6) is 0 Å². The van der Waals surface area contributed by atoms with Gasteiger partial charge in [-0.05, 0) is 32.4 Å². The van der Waals surface area contributed by atoms with Crippen molar-refractivity contribution in [2.45, 2.75) is 20.8 Å². The summed E-state index contributed by atoms with van der Waals surface area (Å²) in [5, 5.41) is 4.41. The van der Waals surface area contributed by atoms with Gasteiger partial charge < -0.3 is 5.32 Å². The monoisotopic (exact) mass is 519 g/mol. The molecule has 0 fully saturated rings. The molecule has 3 heterocycles. The van der Waals surface area contributed by atoms with Crippen molar-refractivity contribution in [1.29, 1.82) is 0 Å². The number of nitrogens with one attached hydrogen (secondary N) is 1.